The van der Waals surface area contributed by atoms with E-state index in [4.69, 9.17) is 0 Å². The minimum absolute atomic E-state index is 0.810. The summed E-state index contributed by atoms with van der Waals surface area (Å²) in [7, 11) is -0.810. The minimum atomic E-state index is -0.810. The average Bonchev–Trinajstić information content (AvgIpc) is 2.92. The van der Waals surface area contributed by atoms with Gasteiger partial charge in [-0.2, -0.15) is 0 Å². The van der Waals surface area contributed by atoms with Crippen molar-refractivity contribution in [3.8, 4) is 0 Å². The molecule has 0 bridgehead atoms. The van der Waals surface area contributed by atoms with Gasteiger partial charge in [-0.05, 0) is 68.9 Å². The van der Waals surface area contributed by atoms with Crippen LogP contribution in [0.5, 0.6) is 0 Å². The largest absolute Gasteiger partial charge is 0.0985 e. The lowest BCUT2D eigenvalue weighted by Crippen LogP contribution is -2.13. The van der Waals surface area contributed by atoms with E-state index in [0.29, 0.717) is 0 Å². The van der Waals surface area contributed by atoms with E-state index in [2.05, 4.69) is 51.6 Å². The molecule has 1 aromatic rings. The van der Waals surface area contributed by atoms with Crippen molar-refractivity contribution < 1.29 is 0 Å². The third kappa shape index (κ3) is 18.3. The zero-order valence-corrected chi connectivity index (χ0v) is 26.6. The second-order valence-electron chi connectivity index (χ2n) is 11.9. The van der Waals surface area contributed by atoms with Crippen molar-refractivity contribution in [3.63, 3.8) is 0 Å². The van der Waals surface area contributed by atoms with E-state index in [9.17, 15) is 0 Å². The fourth-order valence-electron chi connectivity index (χ4n) is 5.95. The van der Waals surface area contributed by atoms with Gasteiger partial charge in [-0.3, -0.25) is 0 Å². The predicted molar refractivity (Wildman–Crippen MR) is 176 cm³/mol. The highest BCUT2D eigenvalue weighted by atomic mass is 31.2. The van der Waals surface area contributed by atoms with Crippen molar-refractivity contribution in [3.05, 3.63) is 42.0 Å². The summed E-state index contributed by atoms with van der Waals surface area (Å²) in [4.78, 5) is 0. The molecule has 1 rings (SSSR count). The van der Waals surface area contributed by atoms with Gasteiger partial charge in [0.15, 0.2) is 0 Å². The van der Waals surface area contributed by atoms with E-state index < -0.39 is 7.26 Å². The second kappa shape index (κ2) is 24.4. The molecule has 0 saturated carbocycles. The quantitative estimate of drug-likeness (QED) is 0.0785. The molecule has 0 spiro atoms. The van der Waals surface area contributed by atoms with Crippen molar-refractivity contribution in [2.75, 3.05) is 24.6 Å². The van der Waals surface area contributed by atoms with Crippen LogP contribution in [0.3, 0.4) is 0 Å². The molecule has 0 aliphatic rings. The summed E-state index contributed by atoms with van der Waals surface area (Å²) in [5.41, 5.74) is 2.75. The normalized spacial score (nSPS) is 11.8. The maximum Gasteiger partial charge on any atom is 0.0594 e. The maximum atomic E-state index is 3.90. The summed E-state index contributed by atoms with van der Waals surface area (Å²) < 4.78 is 0. The van der Waals surface area contributed by atoms with Crippen LogP contribution in [0.25, 0.3) is 6.08 Å². The van der Waals surface area contributed by atoms with Gasteiger partial charge in [-0.15, -0.1) is 0 Å². The van der Waals surface area contributed by atoms with E-state index in [1.807, 2.05) is 6.08 Å². The molecule has 214 valence electrons. The molecule has 0 aliphatic heterocycles. The van der Waals surface area contributed by atoms with Crippen molar-refractivity contribution in [2.24, 2.45) is 0 Å². The van der Waals surface area contributed by atoms with Crippen LogP contribution in [-0.4, -0.2) is 24.6 Å². The van der Waals surface area contributed by atoms with Gasteiger partial charge in [-0.25, -0.2) is 0 Å². The highest BCUT2D eigenvalue weighted by Gasteiger charge is 2.35. The molecule has 1 heteroatoms. The molecule has 0 saturated heterocycles. The van der Waals surface area contributed by atoms with E-state index in [-0.39, 0.29) is 0 Å². The van der Waals surface area contributed by atoms with Gasteiger partial charge < -0.3 is 0 Å². The van der Waals surface area contributed by atoms with Gasteiger partial charge in [0.1, 0.15) is 0 Å². The fraction of sp³-hybridized carbons (Fsp3) is 0.778. The molecule has 0 heterocycles. The number of hydrogen-bond donors (Lipinski definition) is 0. The van der Waals surface area contributed by atoms with Crippen molar-refractivity contribution in [1.82, 2.24) is 0 Å². The van der Waals surface area contributed by atoms with Crippen molar-refractivity contribution in [1.29, 1.82) is 0 Å². The Balaban J connectivity index is 2.68. The third-order valence-electron chi connectivity index (χ3n) is 8.52. The Morgan fingerprint density at radius 1 is 0.486 bits per heavy atom. The predicted octanol–water partition coefficient (Wildman–Crippen LogP) is 12.8. The lowest BCUT2D eigenvalue weighted by atomic mass is 10.1. The summed E-state index contributed by atoms with van der Waals surface area (Å²) in [5, 5.41) is 0. The van der Waals surface area contributed by atoms with Crippen LogP contribution in [0.2, 0.25) is 0 Å². The first kappa shape index (κ1) is 34.4. The molecule has 37 heavy (non-hydrogen) atoms. The standard InChI is InChI=1S/C36H66P/c1-5-9-12-15-18-22-31-37(32-23-19-16-13-10-6-2,33-24-20-17-14-11-7-3)34-25-21-26-36-29-27-35(8-4)28-30-36/h8,27-30H,4-7,9-26,31-34H2,1-3H3/q+1. The van der Waals surface area contributed by atoms with Gasteiger partial charge in [0.05, 0.1) is 24.6 Å². The Labute approximate surface area is 235 Å². The maximum absolute atomic E-state index is 3.90. The Bertz CT molecular complexity index is 575. The molecule has 0 aromatic heterocycles. The van der Waals surface area contributed by atoms with Crippen LogP contribution in [0, 0.1) is 0 Å². The highest BCUT2D eigenvalue weighted by Crippen LogP contribution is 2.61. The molecule has 0 radical (unpaired) electrons. The number of benzene rings is 1. The molecule has 0 unspecified atom stereocenters. The Kier molecular flexibility index (Phi) is 22.7. The van der Waals surface area contributed by atoms with Gasteiger partial charge in [0, 0.05) is 7.26 Å². The molecule has 1 aromatic carbocycles. The van der Waals surface area contributed by atoms with Crippen LogP contribution >= 0.6 is 7.26 Å². The Morgan fingerprint density at radius 2 is 0.838 bits per heavy atom. The molecule has 0 aliphatic carbocycles. The van der Waals surface area contributed by atoms with Gasteiger partial charge in [-0.1, -0.05) is 135 Å². The van der Waals surface area contributed by atoms with Crippen LogP contribution in [-0.2, 0) is 6.42 Å². The first-order chi connectivity index (χ1) is 18.2. The summed E-state index contributed by atoms with van der Waals surface area (Å²) >= 11 is 0. The topological polar surface area (TPSA) is 0 Å². The summed E-state index contributed by atoms with van der Waals surface area (Å²) in [5.74, 6) is 0. The smallest absolute Gasteiger partial charge is 0.0594 e. The molecule has 0 fully saturated rings. The molecular formula is C36H66P+. The van der Waals surface area contributed by atoms with E-state index >= 15 is 0 Å². The number of rotatable bonds is 27. The third-order valence-corrected chi connectivity index (χ3v) is 13.6. The highest BCUT2D eigenvalue weighted by molar-refractivity contribution is 7.75. The zero-order chi connectivity index (χ0) is 26.9. The Hall–Kier alpha value is -0.610. The second-order valence-corrected chi connectivity index (χ2v) is 16.4. The lowest BCUT2D eigenvalue weighted by molar-refractivity contribution is 0.614. The summed E-state index contributed by atoms with van der Waals surface area (Å²) in [6.45, 7) is 10.9. The van der Waals surface area contributed by atoms with Crippen LogP contribution in [0.1, 0.15) is 160 Å². The number of unbranched alkanes of at least 4 members (excludes halogenated alkanes) is 16. The first-order valence-electron chi connectivity index (χ1n) is 16.8. The van der Waals surface area contributed by atoms with Crippen molar-refractivity contribution in [2.45, 2.75) is 156 Å². The summed E-state index contributed by atoms with van der Waals surface area (Å²) in [6.07, 6.45) is 38.7. The van der Waals surface area contributed by atoms with Gasteiger partial charge in [0.25, 0.3) is 0 Å². The molecule has 0 nitrogen and oxygen atoms in total. The molecule has 0 atom stereocenters. The fourth-order valence-corrected chi connectivity index (χ4v) is 10.9. The zero-order valence-electron chi connectivity index (χ0n) is 25.7. The van der Waals surface area contributed by atoms with E-state index in [0.717, 1.165) is 0 Å². The molecule has 0 N–H and O–H groups in total. The van der Waals surface area contributed by atoms with E-state index in [1.54, 1.807) is 24.6 Å². The molecule has 0 amide bonds. The van der Waals surface area contributed by atoms with Gasteiger partial charge in [0.2, 0.25) is 0 Å². The lowest BCUT2D eigenvalue weighted by Gasteiger charge is -2.28. The average molecular weight is 530 g/mol. The van der Waals surface area contributed by atoms with Gasteiger partial charge >= 0.3 is 0 Å². The van der Waals surface area contributed by atoms with E-state index in [1.165, 1.54) is 146 Å². The Morgan fingerprint density at radius 3 is 1.22 bits per heavy atom. The minimum Gasteiger partial charge on any atom is -0.0985 e. The van der Waals surface area contributed by atoms with Crippen LogP contribution < -0.4 is 0 Å². The number of hydrogen-bond acceptors (Lipinski definition) is 0. The molecular weight excluding hydrogens is 463 g/mol. The summed E-state index contributed by atoms with van der Waals surface area (Å²) in [6, 6.07) is 9.11. The first-order valence-corrected chi connectivity index (χ1v) is 19.3. The number of aryl methyl sites for hydroxylation is 1. The monoisotopic (exact) mass is 529 g/mol. The van der Waals surface area contributed by atoms with Crippen LogP contribution in [0.4, 0.5) is 0 Å². The SMILES string of the molecule is C=Cc1ccc(CCCC[P+](CCCCCCCC)(CCCCCCCC)CCCCCCCC)cc1. The van der Waals surface area contributed by atoms with Crippen molar-refractivity contribution >= 4 is 13.3 Å². The van der Waals surface area contributed by atoms with Crippen LogP contribution in [0.15, 0.2) is 30.8 Å².